The predicted octanol–water partition coefficient (Wildman–Crippen LogP) is 2.95. The third-order valence-electron chi connectivity index (χ3n) is 2.48. The molecule has 0 aliphatic heterocycles. The molecule has 3 heteroatoms. The van der Waals surface area contributed by atoms with Crippen LogP contribution in [0.2, 0.25) is 0 Å². The van der Waals surface area contributed by atoms with Gasteiger partial charge in [-0.1, -0.05) is 13.0 Å². The van der Waals surface area contributed by atoms with Crippen LogP contribution < -0.4 is 5.32 Å². The molecule has 0 amide bonds. The highest BCUT2D eigenvalue weighted by Gasteiger charge is 2.08. The van der Waals surface area contributed by atoms with Crippen molar-refractivity contribution < 1.29 is 5.11 Å². The molecule has 1 aromatic rings. The van der Waals surface area contributed by atoms with Crippen LogP contribution in [0.25, 0.3) is 0 Å². The number of nitrogens with one attached hydrogen (secondary N) is 1. The fourth-order valence-corrected chi connectivity index (χ4v) is 2.50. The standard InChI is InChI=1S/C12H21NOS/c1-3-11(12-7-5-9-15-12)13-8-4-6-10(2)14/h5,7,9-11,13-14H,3-4,6,8H2,1-2H3. The van der Waals surface area contributed by atoms with Crippen LogP contribution >= 0.6 is 11.3 Å². The van der Waals surface area contributed by atoms with Gasteiger partial charge in [0.2, 0.25) is 0 Å². The van der Waals surface area contributed by atoms with E-state index in [2.05, 4.69) is 29.8 Å². The van der Waals surface area contributed by atoms with Crippen molar-refractivity contribution in [3.63, 3.8) is 0 Å². The Morgan fingerprint density at radius 2 is 2.33 bits per heavy atom. The summed E-state index contributed by atoms with van der Waals surface area (Å²) in [5.74, 6) is 0. The van der Waals surface area contributed by atoms with Crippen LogP contribution in [0.1, 0.15) is 44.0 Å². The zero-order valence-electron chi connectivity index (χ0n) is 9.57. The molecule has 2 nitrogen and oxygen atoms in total. The Hall–Kier alpha value is -0.380. The van der Waals surface area contributed by atoms with Crippen LogP contribution in [0.15, 0.2) is 17.5 Å². The number of aliphatic hydroxyl groups excluding tert-OH is 1. The summed E-state index contributed by atoms with van der Waals surface area (Å²) in [4.78, 5) is 1.41. The van der Waals surface area contributed by atoms with Crippen molar-refractivity contribution in [1.29, 1.82) is 0 Å². The fourth-order valence-electron chi connectivity index (χ4n) is 1.61. The minimum Gasteiger partial charge on any atom is -0.393 e. The Bertz CT molecular complexity index is 246. The maximum absolute atomic E-state index is 9.13. The van der Waals surface area contributed by atoms with Crippen LogP contribution in [-0.2, 0) is 0 Å². The van der Waals surface area contributed by atoms with E-state index in [1.807, 2.05) is 18.3 Å². The van der Waals surface area contributed by atoms with Crippen LogP contribution in [0.4, 0.5) is 0 Å². The van der Waals surface area contributed by atoms with Gasteiger partial charge in [0.25, 0.3) is 0 Å². The molecule has 0 aliphatic carbocycles. The summed E-state index contributed by atoms with van der Waals surface area (Å²) >= 11 is 1.81. The number of hydrogen-bond acceptors (Lipinski definition) is 3. The Kier molecular flexibility index (Phi) is 5.91. The molecule has 0 fully saturated rings. The van der Waals surface area contributed by atoms with E-state index in [4.69, 9.17) is 5.11 Å². The Balaban J connectivity index is 2.23. The molecule has 0 bridgehead atoms. The molecule has 1 heterocycles. The van der Waals surface area contributed by atoms with Gasteiger partial charge in [-0.05, 0) is 44.2 Å². The molecule has 0 spiro atoms. The molecule has 86 valence electrons. The lowest BCUT2D eigenvalue weighted by molar-refractivity contribution is 0.181. The monoisotopic (exact) mass is 227 g/mol. The number of aliphatic hydroxyl groups is 1. The highest BCUT2D eigenvalue weighted by molar-refractivity contribution is 7.10. The summed E-state index contributed by atoms with van der Waals surface area (Å²) in [5, 5.41) is 14.8. The van der Waals surface area contributed by atoms with Gasteiger partial charge in [-0.3, -0.25) is 0 Å². The third kappa shape index (κ3) is 4.78. The SMILES string of the molecule is CCC(NCCCC(C)O)c1cccs1. The van der Waals surface area contributed by atoms with Gasteiger partial charge >= 0.3 is 0 Å². The van der Waals surface area contributed by atoms with Crippen LogP contribution in [0.3, 0.4) is 0 Å². The molecule has 1 rings (SSSR count). The lowest BCUT2D eigenvalue weighted by Crippen LogP contribution is -2.21. The normalized spacial score (nSPS) is 15.1. The average Bonchev–Trinajstić information content (AvgIpc) is 2.70. The summed E-state index contributed by atoms with van der Waals surface area (Å²) < 4.78 is 0. The van der Waals surface area contributed by atoms with E-state index in [1.54, 1.807) is 0 Å². The highest BCUT2D eigenvalue weighted by Crippen LogP contribution is 2.21. The van der Waals surface area contributed by atoms with E-state index in [0.717, 1.165) is 25.8 Å². The summed E-state index contributed by atoms with van der Waals surface area (Å²) in [6.07, 6.45) is 2.87. The summed E-state index contributed by atoms with van der Waals surface area (Å²) in [5.41, 5.74) is 0. The van der Waals surface area contributed by atoms with Gasteiger partial charge in [-0.2, -0.15) is 0 Å². The predicted molar refractivity (Wildman–Crippen MR) is 66.3 cm³/mol. The van der Waals surface area contributed by atoms with Gasteiger partial charge < -0.3 is 10.4 Å². The first-order chi connectivity index (χ1) is 7.24. The van der Waals surface area contributed by atoms with E-state index in [9.17, 15) is 0 Å². The lowest BCUT2D eigenvalue weighted by Gasteiger charge is -2.15. The molecule has 1 aromatic heterocycles. The maximum Gasteiger partial charge on any atom is 0.0512 e. The average molecular weight is 227 g/mol. The summed E-state index contributed by atoms with van der Waals surface area (Å²) in [6.45, 7) is 5.03. The Morgan fingerprint density at radius 3 is 2.87 bits per heavy atom. The number of thiophene rings is 1. The molecular formula is C12H21NOS. The first kappa shape index (κ1) is 12.7. The summed E-state index contributed by atoms with van der Waals surface area (Å²) in [6, 6.07) is 4.76. The highest BCUT2D eigenvalue weighted by atomic mass is 32.1. The first-order valence-corrected chi connectivity index (χ1v) is 6.56. The molecule has 0 aliphatic rings. The lowest BCUT2D eigenvalue weighted by atomic mass is 10.1. The third-order valence-corrected chi connectivity index (χ3v) is 3.47. The molecule has 0 saturated heterocycles. The minimum atomic E-state index is -0.173. The van der Waals surface area contributed by atoms with E-state index >= 15 is 0 Å². The Morgan fingerprint density at radius 1 is 1.53 bits per heavy atom. The van der Waals surface area contributed by atoms with E-state index in [-0.39, 0.29) is 6.10 Å². The van der Waals surface area contributed by atoms with Gasteiger partial charge in [0, 0.05) is 10.9 Å². The smallest absolute Gasteiger partial charge is 0.0512 e. The number of rotatable bonds is 7. The molecule has 0 radical (unpaired) electrons. The Labute approximate surface area is 96.3 Å². The van der Waals surface area contributed by atoms with E-state index in [0.29, 0.717) is 6.04 Å². The van der Waals surface area contributed by atoms with Gasteiger partial charge in [0.15, 0.2) is 0 Å². The van der Waals surface area contributed by atoms with Crippen molar-refractivity contribution in [2.24, 2.45) is 0 Å². The van der Waals surface area contributed by atoms with E-state index in [1.165, 1.54) is 4.88 Å². The number of hydrogen-bond donors (Lipinski definition) is 2. The van der Waals surface area contributed by atoms with Crippen molar-refractivity contribution >= 4 is 11.3 Å². The largest absolute Gasteiger partial charge is 0.393 e. The molecule has 15 heavy (non-hydrogen) atoms. The zero-order valence-corrected chi connectivity index (χ0v) is 10.4. The maximum atomic E-state index is 9.13. The van der Waals surface area contributed by atoms with Crippen molar-refractivity contribution in [1.82, 2.24) is 5.32 Å². The first-order valence-electron chi connectivity index (χ1n) is 5.69. The molecule has 0 saturated carbocycles. The van der Waals surface area contributed by atoms with Gasteiger partial charge in [0.1, 0.15) is 0 Å². The topological polar surface area (TPSA) is 32.3 Å². The molecule has 2 N–H and O–H groups in total. The zero-order chi connectivity index (χ0) is 11.1. The molecule has 0 aromatic carbocycles. The second kappa shape index (κ2) is 6.99. The van der Waals surface area contributed by atoms with Crippen molar-refractivity contribution in [2.75, 3.05) is 6.54 Å². The van der Waals surface area contributed by atoms with Gasteiger partial charge in [-0.15, -0.1) is 11.3 Å². The van der Waals surface area contributed by atoms with Crippen molar-refractivity contribution in [3.05, 3.63) is 22.4 Å². The van der Waals surface area contributed by atoms with Gasteiger partial charge in [0.05, 0.1) is 6.10 Å². The van der Waals surface area contributed by atoms with Crippen LogP contribution in [-0.4, -0.2) is 17.8 Å². The molecule has 2 atom stereocenters. The van der Waals surface area contributed by atoms with Crippen molar-refractivity contribution in [2.45, 2.75) is 45.3 Å². The fraction of sp³-hybridized carbons (Fsp3) is 0.667. The van der Waals surface area contributed by atoms with Crippen LogP contribution in [0.5, 0.6) is 0 Å². The second-order valence-electron chi connectivity index (χ2n) is 3.92. The second-order valence-corrected chi connectivity index (χ2v) is 4.90. The van der Waals surface area contributed by atoms with E-state index < -0.39 is 0 Å². The molecular weight excluding hydrogens is 206 g/mol. The minimum absolute atomic E-state index is 0.173. The van der Waals surface area contributed by atoms with Gasteiger partial charge in [-0.25, -0.2) is 0 Å². The van der Waals surface area contributed by atoms with Crippen LogP contribution in [0, 0.1) is 0 Å². The van der Waals surface area contributed by atoms with Crippen molar-refractivity contribution in [3.8, 4) is 0 Å². The quantitative estimate of drug-likeness (QED) is 0.702. The molecule has 2 unspecified atom stereocenters. The summed E-state index contributed by atoms with van der Waals surface area (Å²) in [7, 11) is 0.